The van der Waals surface area contributed by atoms with E-state index in [1.807, 2.05) is 0 Å². The molecule has 2 N–H and O–H groups in total. The third kappa shape index (κ3) is 2.57. The highest BCUT2D eigenvalue weighted by Crippen LogP contribution is 2.68. The van der Waals surface area contributed by atoms with E-state index in [-0.39, 0.29) is 21.7 Å². The molecule has 0 aromatic rings. The average molecular weight is 335 g/mol. The zero-order valence-corrected chi connectivity index (χ0v) is 16.2. The van der Waals surface area contributed by atoms with Crippen molar-refractivity contribution >= 4 is 11.4 Å². The Morgan fingerprint density at radius 2 is 1.08 bits per heavy atom. The van der Waals surface area contributed by atoms with Gasteiger partial charge >= 0.3 is 0 Å². The van der Waals surface area contributed by atoms with E-state index in [2.05, 4.69) is 51.9 Å². The summed E-state index contributed by atoms with van der Waals surface area (Å²) in [5, 5.41) is 27.4. The minimum absolute atomic E-state index is 0.0295. The molecule has 0 spiro atoms. The zero-order chi connectivity index (χ0) is 18.0. The van der Waals surface area contributed by atoms with Crippen LogP contribution >= 0.6 is 0 Å². The Morgan fingerprint density at radius 3 is 1.33 bits per heavy atom. The van der Waals surface area contributed by atoms with Gasteiger partial charge in [0.1, 0.15) is 0 Å². The van der Waals surface area contributed by atoms with E-state index >= 15 is 0 Å². The van der Waals surface area contributed by atoms with Crippen LogP contribution in [-0.4, -0.2) is 21.8 Å². The maximum Gasteiger partial charge on any atom is 0.0686 e. The van der Waals surface area contributed by atoms with Gasteiger partial charge in [-0.25, -0.2) is 0 Å². The molecule has 0 heterocycles. The Balaban J connectivity index is 2.08. The van der Waals surface area contributed by atoms with E-state index in [0.29, 0.717) is 11.8 Å². The number of hydrogen-bond donors (Lipinski definition) is 2. The smallest absolute Gasteiger partial charge is 0.0686 e. The van der Waals surface area contributed by atoms with E-state index < -0.39 is 0 Å². The molecular weight excluding hydrogens is 300 g/mol. The molecule has 136 valence electrons. The molecule has 4 rings (SSSR count). The van der Waals surface area contributed by atoms with Crippen LogP contribution in [0.1, 0.15) is 80.1 Å². The van der Waals surface area contributed by atoms with Crippen LogP contribution in [0, 0.1) is 33.5 Å². The molecule has 0 radical (unpaired) electrons. The van der Waals surface area contributed by atoms with Crippen LogP contribution in [0.25, 0.3) is 0 Å². The first-order valence-electron chi connectivity index (χ1n) is 9.42. The summed E-state index contributed by atoms with van der Waals surface area (Å²) >= 11 is 0. The van der Waals surface area contributed by atoms with Gasteiger partial charge in [0.15, 0.2) is 0 Å². The molecule has 4 fully saturated rings. The monoisotopic (exact) mass is 334 g/mol. The van der Waals surface area contributed by atoms with Gasteiger partial charge in [-0.1, -0.05) is 51.9 Å². The molecule has 0 unspecified atom stereocenters. The summed E-state index contributed by atoms with van der Waals surface area (Å²) in [6.45, 7) is 12.9. The molecule has 0 saturated heterocycles. The lowest BCUT2D eigenvalue weighted by Crippen LogP contribution is -2.60. The van der Waals surface area contributed by atoms with Gasteiger partial charge in [0.25, 0.3) is 0 Å². The van der Waals surface area contributed by atoms with Crippen molar-refractivity contribution in [2.75, 3.05) is 0 Å². The first kappa shape index (κ1) is 17.8. The zero-order valence-electron chi connectivity index (χ0n) is 16.2. The first-order chi connectivity index (χ1) is 11.0. The summed E-state index contributed by atoms with van der Waals surface area (Å²) in [7, 11) is 0. The fourth-order valence-corrected chi connectivity index (χ4v) is 6.92. The minimum Gasteiger partial charge on any atom is -0.411 e. The van der Waals surface area contributed by atoms with Gasteiger partial charge in [-0.3, -0.25) is 0 Å². The standard InChI is InChI=1S/C20H34N2O2/c1-17(2,3)15(21-23)19-8-13-7-14(9-19)11-20(10-13,12-19)16(22-24)18(4,5)6/h13-14,23-24H,7-12H2,1-6H3/b21-15+,22-16+. The van der Waals surface area contributed by atoms with Gasteiger partial charge in [-0.15, -0.1) is 0 Å². The molecule has 0 atom stereocenters. The van der Waals surface area contributed by atoms with Crippen molar-refractivity contribution in [1.29, 1.82) is 0 Å². The predicted octanol–water partition coefficient (Wildman–Crippen LogP) is 5.33. The van der Waals surface area contributed by atoms with E-state index in [9.17, 15) is 10.4 Å². The molecule has 0 aromatic heterocycles. The highest BCUT2D eigenvalue weighted by molar-refractivity contribution is 5.98. The fraction of sp³-hybridized carbons (Fsp3) is 0.900. The minimum atomic E-state index is -0.139. The van der Waals surface area contributed by atoms with Crippen molar-refractivity contribution in [3.63, 3.8) is 0 Å². The molecule has 4 nitrogen and oxygen atoms in total. The third-order valence-electron chi connectivity index (χ3n) is 6.69. The summed E-state index contributed by atoms with van der Waals surface area (Å²) in [6.07, 6.45) is 6.78. The van der Waals surface area contributed by atoms with Crippen LogP contribution in [0.2, 0.25) is 0 Å². The van der Waals surface area contributed by atoms with E-state index in [1.165, 1.54) is 6.42 Å². The molecule has 0 amide bonds. The lowest BCUT2D eigenvalue weighted by molar-refractivity contribution is -0.0508. The van der Waals surface area contributed by atoms with Crippen molar-refractivity contribution in [1.82, 2.24) is 0 Å². The molecule has 4 heteroatoms. The van der Waals surface area contributed by atoms with Crippen molar-refractivity contribution < 1.29 is 10.4 Å². The topological polar surface area (TPSA) is 65.2 Å². The molecule has 4 bridgehead atoms. The highest BCUT2D eigenvalue weighted by Gasteiger charge is 2.63. The lowest BCUT2D eigenvalue weighted by atomic mass is 9.40. The molecule has 0 aromatic carbocycles. The van der Waals surface area contributed by atoms with Crippen LogP contribution in [0.5, 0.6) is 0 Å². The van der Waals surface area contributed by atoms with Crippen LogP contribution in [0.4, 0.5) is 0 Å². The van der Waals surface area contributed by atoms with Gasteiger partial charge < -0.3 is 10.4 Å². The Hall–Kier alpha value is -1.06. The maximum atomic E-state index is 9.87. The number of oxime groups is 2. The summed E-state index contributed by atoms with van der Waals surface area (Å²) < 4.78 is 0. The molecule has 0 aliphatic heterocycles. The quantitative estimate of drug-likeness (QED) is 0.407. The van der Waals surface area contributed by atoms with E-state index in [1.54, 1.807) is 0 Å². The molecule has 4 aliphatic rings. The van der Waals surface area contributed by atoms with Crippen molar-refractivity contribution in [3.05, 3.63) is 0 Å². The Morgan fingerprint density at radius 1 is 0.750 bits per heavy atom. The van der Waals surface area contributed by atoms with Crippen LogP contribution in [-0.2, 0) is 0 Å². The highest BCUT2D eigenvalue weighted by atomic mass is 16.4. The Bertz CT molecular complexity index is 515. The average Bonchev–Trinajstić information content (AvgIpc) is 2.33. The van der Waals surface area contributed by atoms with Gasteiger partial charge in [0.05, 0.1) is 11.4 Å². The number of rotatable bonds is 2. The maximum absolute atomic E-state index is 9.87. The molecule has 4 aliphatic carbocycles. The van der Waals surface area contributed by atoms with Crippen LogP contribution in [0.15, 0.2) is 10.3 Å². The van der Waals surface area contributed by atoms with Gasteiger partial charge in [-0.05, 0) is 50.4 Å². The fourth-order valence-electron chi connectivity index (χ4n) is 6.92. The normalized spacial score (nSPS) is 40.2. The predicted molar refractivity (Wildman–Crippen MR) is 96.9 cm³/mol. The number of hydrogen-bond acceptors (Lipinski definition) is 4. The largest absolute Gasteiger partial charge is 0.411 e. The van der Waals surface area contributed by atoms with E-state index in [0.717, 1.165) is 43.5 Å². The van der Waals surface area contributed by atoms with Crippen molar-refractivity contribution in [2.24, 2.45) is 43.8 Å². The SMILES string of the molecule is CC(C)(C)/C(=N\O)C12CC3CC(C1)CC(/C(=N/O)C(C)(C)C)(C3)C2. The molecule has 4 saturated carbocycles. The van der Waals surface area contributed by atoms with Gasteiger partial charge in [0.2, 0.25) is 0 Å². The molecular formula is C20H34N2O2. The second-order valence-electron chi connectivity index (χ2n) is 10.9. The van der Waals surface area contributed by atoms with Crippen LogP contribution in [0.3, 0.4) is 0 Å². The third-order valence-corrected chi connectivity index (χ3v) is 6.69. The summed E-state index contributed by atoms with van der Waals surface area (Å²) in [6, 6.07) is 0. The van der Waals surface area contributed by atoms with E-state index in [4.69, 9.17) is 0 Å². The summed E-state index contributed by atoms with van der Waals surface area (Å²) in [5.41, 5.74) is 1.58. The van der Waals surface area contributed by atoms with Crippen molar-refractivity contribution in [2.45, 2.75) is 80.1 Å². The second-order valence-corrected chi connectivity index (χ2v) is 10.9. The summed E-state index contributed by atoms with van der Waals surface area (Å²) in [5.74, 6) is 1.31. The lowest BCUT2D eigenvalue weighted by Gasteiger charge is -2.64. The van der Waals surface area contributed by atoms with Crippen LogP contribution < -0.4 is 0 Å². The second kappa shape index (κ2) is 5.22. The first-order valence-corrected chi connectivity index (χ1v) is 9.42. The Labute approximate surface area is 146 Å². The van der Waals surface area contributed by atoms with Gasteiger partial charge in [0, 0.05) is 21.7 Å². The Kier molecular flexibility index (Phi) is 3.86. The summed E-state index contributed by atoms with van der Waals surface area (Å²) in [4.78, 5) is 0. The number of nitrogens with zero attached hydrogens (tertiary/aromatic N) is 2. The van der Waals surface area contributed by atoms with Gasteiger partial charge in [-0.2, -0.15) is 0 Å². The molecule has 24 heavy (non-hydrogen) atoms. The van der Waals surface area contributed by atoms with Crippen molar-refractivity contribution in [3.8, 4) is 0 Å².